The molecule has 0 spiro atoms. The van der Waals surface area contributed by atoms with Crippen LogP contribution in [0.4, 0.5) is 28.9 Å². The third-order valence-electron chi connectivity index (χ3n) is 12.0. The summed E-state index contributed by atoms with van der Waals surface area (Å²) in [5.41, 5.74) is 0.323. The Balaban J connectivity index is 2.10. The van der Waals surface area contributed by atoms with E-state index in [1.54, 1.807) is 12.1 Å². The fourth-order valence-electron chi connectivity index (χ4n) is 8.95. The molecule has 2 aliphatic carbocycles. The zero-order chi connectivity index (χ0) is 40.9. The predicted octanol–water partition coefficient (Wildman–Crippen LogP) is 12.9. The first kappa shape index (κ1) is 45.1. The molecule has 0 saturated carbocycles. The molecule has 2 aliphatic rings. The summed E-state index contributed by atoms with van der Waals surface area (Å²) < 4.78 is 71.8. The van der Waals surface area contributed by atoms with E-state index in [0.29, 0.717) is 62.2 Å². The number of rotatable bonds is 20. The number of hydrogen-bond acceptors (Lipinski definition) is 2. The molecule has 4 rings (SSSR count). The molecular weight excluding hydrogens is 728 g/mol. The molecule has 0 radical (unpaired) electrons. The molecule has 0 amide bonds. The van der Waals surface area contributed by atoms with Crippen molar-refractivity contribution in [2.75, 3.05) is 36.0 Å². The Morgan fingerprint density at radius 3 is 1.25 bits per heavy atom. The van der Waals surface area contributed by atoms with Crippen molar-refractivity contribution < 1.29 is 34.2 Å². The van der Waals surface area contributed by atoms with Crippen LogP contribution >= 0.6 is 0 Å². The van der Waals surface area contributed by atoms with Crippen LogP contribution in [-0.2, 0) is 16.6 Å². The molecule has 0 bridgehead atoms. The van der Waals surface area contributed by atoms with Gasteiger partial charge in [0.15, 0.2) is 0 Å². The number of halogens is 4. The molecule has 2 aromatic rings. The molecule has 0 aliphatic heterocycles. The van der Waals surface area contributed by atoms with E-state index in [0.717, 1.165) is 33.4 Å². The van der Waals surface area contributed by atoms with Gasteiger partial charge in [-0.3, -0.25) is 0 Å². The van der Waals surface area contributed by atoms with Crippen LogP contribution in [0.2, 0.25) is 0 Å². The molecule has 0 aromatic heterocycles. The number of hydrogen-bond donors (Lipinski definition) is 0. The van der Waals surface area contributed by atoms with E-state index in [9.17, 15) is 0 Å². The van der Waals surface area contributed by atoms with Gasteiger partial charge < -0.3 is 0 Å². The number of benzene rings is 2. The van der Waals surface area contributed by atoms with Crippen molar-refractivity contribution in [2.24, 2.45) is 34.5 Å². The minimum atomic E-state index is -5.06. The Labute approximate surface area is 335 Å². The van der Waals surface area contributed by atoms with Crippen LogP contribution in [0.1, 0.15) is 122 Å². The van der Waals surface area contributed by atoms with E-state index in [1.165, 1.54) is 12.1 Å². The van der Waals surface area contributed by atoms with Gasteiger partial charge in [-0.15, -0.1) is 0 Å². The monoisotopic (exact) mass is 798 g/mol. The quantitative estimate of drug-likeness (QED) is 0.0972. The second kappa shape index (κ2) is 18.8. The zero-order valence-electron chi connectivity index (χ0n) is 36.1. The summed E-state index contributed by atoms with van der Waals surface area (Å²) in [6.07, 6.45) is 15.9. The van der Waals surface area contributed by atoms with Gasteiger partial charge in [-0.2, -0.15) is 0 Å². The van der Waals surface area contributed by atoms with Crippen LogP contribution in [0.15, 0.2) is 68.5 Å². The van der Waals surface area contributed by atoms with Crippen molar-refractivity contribution in [3.8, 4) is 0 Å². The van der Waals surface area contributed by atoms with Crippen molar-refractivity contribution in [3.63, 3.8) is 0 Å². The summed E-state index contributed by atoms with van der Waals surface area (Å²) in [6.45, 7) is 28.4. The van der Waals surface area contributed by atoms with Crippen molar-refractivity contribution in [3.05, 3.63) is 91.7 Å². The van der Waals surface area contributed by atoms with E-state index in [-0.39, 0.29) is 30.4 Å². The average molecular weight is 799 g/mol. The summed E-state index contributed by atoms with van der Waals surface area (Å²) in [6, 6.07) is 5.85. The van der Waals surface area contributed by atoms with E-state index >= 15 is 17.6 Å². The number of allylic oxidation sites excluding steroid dienone is 8. The van der Waals surface area contributed by atoms with Gasteiger partial charge in [0.1, 0.15) is 0 Å². The third-order valence-corrected chi connectivity index (χ3v) is 20.0. The molecule has 0 heterocycles. The minimum absolute atomic E-state index is 0.123. The molecule has 55 heavy (non-hydrogen) atoms. The fourth-order valence-corrected chi connectivity index (χ4v) is 17.2. The molecule has 2 atom stereocenters. The second-order valence-electron chi connectivity index (χ2n) is 19.2. The van der Waals surface area contributed by atoms with Gasteiger partial charge in [0.05, 0.1) is 0 Å². The molecule has 0 fully saturated rings. The van der Waals surface area contributed by atoms with E-state index in [1.807, 2.05) is 36.5 Å². The molecular formula is C48H70F4N2Ti. The standard InChI is InChI=1S/2C19H30F2N.2C5H5.Ti/c2*1-7-19(5,6)13-22(12-15(4)10-14(2)3)18-9-8-16(20)11-17(18)21;2*1-2-4-5-3-1;/h2*8-9,14-15H,7,10,12-13H2,1-6H3;2*1-3H,4H2;. The molecule has 7 heteroatoms. The molecule has 2 aromatic carbocycles. The average Bonchev–Trinajstić information content (AvgIpc) is 3.82. The maximum atomic E-state index is 18.2. The van der Waals surface area contributed by atoms with Crippen LogP contribution in [0, 0.1) is 57.8 Å². The second-order valence-corrected chi connectivity index (χ2v) is 25.1. The summed E-state index contributed by atoms with van der Waals surface area (Å²) >= 11 is -5.06. The number of nitrogens with zero attached hydrogens (tertiary/aromatic N) is 2. The first-order valence-corrected chi connectivity index (χ1v) is 24.1. The Kier molecular flexibility index (Phi) is 15.4. The van der Waals surface area contributed by atoms with E-state index < -0.39 is 39.9 Å². The molecule has 0 N–H and O–H groups in total. The predicted molar refractivity (Wildman–Crippen MR) is 225 cm³/mol. The van der Waals surface area contributed by atoms with Crippen LogP contribution in [0.25, 0.3) is 0 Å². The Hall–Kier alpha value is -2.57. The molecule has 304 valence electrons. The third kappa shape index (κ3) is 10.5. The van der Waals surface area contributed by atoms with Gasteiger partial charge in [0.25, 0.3) is 0 Å². The first-order chi connectivity index (χ1) is 25.8. The normalized spacial score (nSPS) is 16.0. The van der Waals surface area contributed by atoms with Gasteiger partial charge in [0.2, 0.25) is 0 Å². The van der Waals surface area contributed by atoms with Crippen LogP contribution in [-0.4, -0.2) is 26.2 Å². The molecule has 2 nitrogen and oxygen atoms in total. The first-order valence-electron chi connectivity index (χ1n) is 21.0. The number of anilines is 2. The van der Waals surface area contributed by atoms with Gasteiger partial charge >= 0.3 is 337 Å². The van der Waals surface area contributed by atoms with Crippen LogP contribution in [0.5, 0.6) is 0 Å². The Bertz CT molecular complexity index is 1620. The van der Waals surface area contributed by atoms with E-state index in [2.05, 4.69) is 92.9 Å². The zero-order valence-corrected chi connectivity index (χ0v) is 37.6. The van der Waals surface area contributed by atoms with Gasteiger partial charge in [0, 0.05) is 0 Å². The fraction of sp³-hybridized carbons (Fsp3) is 0.583. The summed E-state index contributed by atoms with van der Waals surface area (Å²) in [5.74, 6) is -1.39. The van der Waals surface area contributed by atoms with Crippen molar-refractivity contribution in [1.82, 2.24) is 0 Å². The van der Waals surface area contributed by atoms with Crippen LogP contribution in [0.3, 0.4) is 0 Å². The van der Waals surface area contributed by atoms with Crippen molar-refractivity contribution in [2.45, 2.75) is 122 Å². The maximum absolute atomic E-state index is 18.2. The Morgan fingerprint density at radius 2 is 0.964 bits per heavy atom. The summed E-state index contributed by atoms with van der Waals surface area (Å²) in [5, 5.41) is 0. The van der Waals surface area contributed by atoms with Crippen LogP contribution < -0.4 is 17.5 Å². The van der Waals surface area contributed by atoms with Crippen molar-refractivity contribution >= 4 is 19.1 Å². The van der Waals surface area contributed by atoms with Gasteiger partial charge in [-0.1, -0.05) is 0 Å². The SMILES string of the molecule is CCC(C)(C)CN(CC(C)CC(C)C)c1ccc(F)[c]([Ti]([C]2=CC=CC2)([C]2=CC=CC2)[c]2c(F)ccc(N(CC(C)CC(C)C)CC(C)(C)CC)c2F)c1F. The summed E-state index contributed by atoms with van der Waals surface area (Å²) in [4.78, 5) is 4.16. The molecule has 2 unspecified atom stereocenters. The van der Waals surface area contributed by atoms with Gasteiger partial charge in [-0.25, -0.2) is 0 Å². The van der Waals surface area contributed by atoms with E-state index in [4.69, 9.17) is 0 Å². The Morgan fingerprint density at radius 1 is 0.600 bits per heavy atom. The van der Waals surface area contributed by atoms with Crippen molar-refractivity contribution in [1.29, 1.82) is 0 Å². The topological polar surface area (TPSA) is 6.48 Å². The summed E-state index contributed by atoms with van der Waals surface area (Å²) in [7, 11) is 0. The molecule has 0 saturated heterocycles. The van der Waals surface area contributed by atoms with Gasteiger partial charge in [-0.05, 0) is 0 Å².